The van der Waals surface area contributed by atoms with Crippen LogP contribution in [0, 0.1) is 5.82 Å². The number of nitrogens with one attached hydrogen (secondary N) is 2. The van der Waals surface area contributed by atoms with E-state index in [9.17, 15) is 28.4 Å². The van der Waals surface area contributed by atoms with Gasteiger partial charge in [0.25, 0.3) is 11.8 Å². The Balaban J connectivity index is 0.751. The maximum Gasteiger partial charge on any atom is 0.264 e. The zero-order valence-electron chi connectivity index (χ0n) is 35.6. The first kappa shape index (κ1) is 45.3. The lowest BCUT2D eigenvalue weighted by Gasteiger charge is -2.32. The van der Waals surface area contributed by atoms with Crippen molar-refractivity contribution >= 4 is 64.2 Å². The smallest absolute Gasteiger partial charge is 0.264 e. The van der Waals surface area contributed by atoms with Gasteiger partial charge in [0.05, 0.1) is 39.8 Å². The first-order valence-corrected chi connectivity index (χ1v) is 22.5. The quantitative estimate of drug-likeness (QED) is 0.0513. The fourth-order valence-corrected chi connectivity index (χ4v) is 9.30. The second-order valence-corrected chi connectivity index (χ2v) is 17.3. The standard InChI is InChI=1S/C45H48Cl2FN11O6/c1-26(39-32(46)13-14-33(48)41(39)47)65-36-20-27(21-50-42(36)49)28-22-51-58(23-28)30-9-7-18-56(25-30)17-6-8-29-24-57(55-54-29)19-4-2-3-12-37(60)52-34-11-5-10-31-40(34)45(64)59(44(31)63)35-15-16-38(61)53-43(35)62/h5,10-11,13-14,20-24,26,30,35H,2-4,6-9,12,15-19,25H2,1H3,(H2,49,50)(H,52,60)(H,53,61,62). The molecule has 3 aliphatic heterocycles. The lowest BCUT2D eigenvalue weighted by molar-refractivity contribution is -0.136. The fraction of sp³-hybridized carbons (Fsp3) is 0.400. The van der Waals surface area contributed by atoms with Gasteiger partial charge >= 0.3 is 0 Å². The number of aryl methyl sites for hydroxylation is 2. The Morgan fingerprint density at radius 1 is 1.02 bits per heavy atom. The van der Waals surface area contributed by atoms with Crippen molar-refractivity contribution in [2.75, 3.05) is 30.7 Å². The van der Waals surface area contributed by atoms with Gasteiger partial charge in [-0.25, -0.2) is 9.37 Å². The van der Waals surface area contributed by atoms with E-state index in [1.807, 2.05) is 21.8 Å². The molecule has 340 valence electrons. The van der Waals surface area contributed by atoms with E-state index in [0.29, 0.717) is 24.3 Å². The van der Waals surface area contributed by atoms with Crippen LogP contribution in [-0.4, -0.2) is 94.8 Å². The Kier molecular flexibility index (Phi) is 13.9. The highest BCUT2D eigenvalue weighted by atomic mass is 35.5. The number of amides is 5. The van der Waals surface area contributed by atoms with Gasteiger partial charge in [-0.15, -0.1) is 5.10 Å². The van der Waals surface area contributed by atoms with Gasteiger partial charge in [0, 0.05) is 66.2 Å². The molecular formula is C45H48Cl2FN11O6. The number of pyridine rings is 1. The third-order valence-electron chi connectivity index (χ3n) is 12.0. The zero-order valence-corrected chi connectivity index (χ0v) is 37.2. The largest absolute Gasteiger partial charge is 0.482 e. The van der Waals surface area contributed by atoms with E-state index < -0.39 is 41.6 Å². The zero-order chi connectivity index (χ0) is 45.8. The van der Waals surface area contributed by atoms with Gasteiger partial charge in [-0.3, -0.25) is 43.6 Å². The summed E-state index contributed by atoms with van der Waals surface area (Å²) in [6.45, 7) is 5.15. The number of aromatic nitrogens is 6. The maximum absolute atomic E-state index is 14.2. The number of halogens is 3. The number of rotatable bonds is 17. The van der Waals surface area contributed by atoms with Crippen LogP contribution < -0.4 is 21.1 Å². The van der Waals surface area contributed by atoms with Gasteiger partial charge in [0.1, 0.15) is 18.0 Å². The minimum atomic E-state index is -1.09. The third kappa shape index (κ3) is 10.2. The summed E-state index contributed by atoms with van der Waals surface area (Å²) >= 11 is 12.5. The van der Waals surface area contributed by atoms with Crippen LogP contribution in [-0.2, 0) is 27.3 Å². The van der Waals surface area contributed by atoms with Crippen LogP contribution in [0.5, 0.6) is 5.75 Å². The number of anilines is 2. The van der Waals surface area contributed by atoms with Crippen molar-refractivity contribution in [3.8, 4) is 16.9 Å². The molecule has 17 nitrogen and oxygen atoms in total. The number of nitrogens with zero attached hydrogens (tertiary/aromatic N) is 8. The Labute approximate surface area is 383 Å². The minimum Gasteiger partial charge on any atom is -0.482 e. The number of nitrogens with two attached hydrogens (primary N) is 1. The van der Waals surface area contributed by atoms with Crippen molar-refractivity contribution in [2.45, 2.75) is 95.9 Å². The van der Waals surface area contributed by atoms with Crippen molar-refractivity contribution < 1.29 is 33.1 Å². The number of carbonyl (C=O) groups is 5. The highest BCUT2D eigenvalue weighted by molar-refractivity contribution is 6.36. The van der Waals surface area contributed by atoms with Crippen molar-refractivity contribution in [3.63, 3.8) is 0 Å². The average molecular weight is 929 g/mol. The first-order valence-electron chi connectivity index (χ1n) is 21.7. The SMILES string of the molecule is CC(Oc1cc(-c2cnn(C3CCCN(CCCc4cn(CCCCCC(=O)Nc5cccc6c5C(=O)N(C5CCC(=O)NC5=O)C6=O)nn4)C3)c2)cnc1N)c1c(Cl)ccc(F)c1Cl. The summed E-state index contributed by atoms with van der Waals surface area (Å²) in [5, 5.41) is 18.5. The van der Waals surface area contributed by atoms with E-state index in [2.05, 4.69) is 30.8 Å². The number of likely N-dealkylation sites (tertiary alicyclic amines) is 1. The van der Waals surface area contributed by atoms with E-state index in [1.54, 1.807) is 37.5 Å². The minimum absolute atomic E-state index is 0.0211. The second kappa shape index (κ2) is 19.9. The number of benzene rings is 2. The number of imide groups is 2. The van der Waals surface area contributed by atoms with E-state index >= 15 is 0 Å². The van der Waals surface area contributed by atoms with Crippen LogP contribution in [0.2, 0.25) is 10.0 Å². The maximum atomic E-state index is 14.2. The molecule has 8 rings (SSSR count). The summed E-state index contributed by atoms with van der Waals surface area (Å²) in [4.78, 5) is 71.0. The van der Waals surface area contributed by atoms with E-state index in [4.69, 9.17) is 38.8 Å². The molecule has 3 aromatic heterocycles. The highest BCUT2D eigenvalue weighted by Gasteiger charge is 2.45. The first-order chi connectivity index (χ1) is 31.3. The van der Waals surface area contributed by atoms with Crippen molar-refractivity contribution in [1.82, 2.24) is 44.9 Å². The molecule has 3 unspecified atom stereocenters. The predicted molar refractivity (Wildman–Crippen MR) is 239 cm³/mol. The summed E-state index contributed by atoms with van der Waals surface area (Å²) in [6, 6.07) is 8.16. The molecule has 6 heterocycles. The van der Waals surface area contributed by atoms with E-state index in [1.165, 1.54) is 18.2 Å². The molecule has 3 atom stereocenters. The molecule has 2 aromatic carbocycles. The van der Waals surface area contributed by atoms with Gasteiger partial charge in [0.2, 0.25) is 17.7 Å². The summed E-state index contributed by atoms with van der Waals surface area (Å²) in [7, 11) is 0. The average Bonchev–Trinajstić information content (AvgIpc) is 4.02. The molecule has 0 bridgehead atoms. The van der Waals surface area contributed by atoms with Crippen LogP contribution in [0.4, 0.5) is 15.9 Å². The van der Waals surface area contributed by atoms with Crippen LogP contribution in [0.3, 0.4) is 0 Å². The lowest BCUT2D eigenvalue weighted by atomic mass is 10.0. The molecule has 4 N–H and O–H groups in total. The Hall–Kier alpha value is -6.24. The topological polar surface area (TPSA) is 213 Å². The number of fused-ring (bicyclic) bond motifs is 1. The summed E-state index contributed by atoms with van der Waals surface area (Å²) in [5.74, 6) is -2.83. The molecule has 0 spiro atoms. The van der Waals surface area contributed by atoms with E-state index in [-0.39, 0.29) is 63.9 Å². The van der Waals surface area contributed by atoms with Gasteiger partial charge in [0.15, 0.2) is 11.6 Å². The highest BCUT2D eigenvalue weighted by Crippen LogP contribution is 2.38. The molecule has 20 heteroatoms. The van der Waals surface area contributed by atoms with Crippen LogP contribution in [0.25, 0.3) is 11.1 Å². The molecule has 0 aliphatic carbocycles. The summed E-state index contributed by atoms with van der Waals surface area (Å²) in [5.41, 5.74) is 9.40. The van der Waals surface area contributed by atoms with E-state index in [0.717, 1.165) is 79.9 Å². The molecule has 0 radical (unpaired) electrons. The van der Waals surface area contributed by atoms with Gasteiger partial charge in [-0.2, -0.15) is 5.10 Å². The number of hydrogen-bond donors (Lipinski definition) is 3. The Morgan fingerprint density at radius 2 is 1.86 bits per heavy atom. The molecule has 3 aliphatic rings. The molecule has 2 fully saturated rings. The van der Waals surface area contributed by atoms with Gasteiger partial charge in [-0.1, -0.05) is 40.9 Å². The predicted octanol–water partition coefficient (Wildman–Crippen LogP) is 6.57. The summed E-state index contributed by atoms with van der Waals surface area (Å²) < 4.78 is 24.1. The molecule has 65 heavy (non-hydrogen) atoms. The number of nitrogen functional groups attached to an aromatic ring is 1. The number of hydrogen-bond acceptors (Lipinski definition) is 12. The van der Waals surface area contributed by atoms with Crippen LogP contribution >= 0.6 is 23.2 Å². The lowest BCUT2D eigenvalue weighted by Crippen LogP contribution is -2.54. The molecular weight excluding hydrogens is 880 g/mol. The monoisotopic (exact) mass is 927 g/mol. The molecule has 2 saturated heterocycles. The Morgan fingerprint density at radius 3 is 2.69 bits per heavy atom. The van der Waals surface area contributed by atoms with Crippen LogP contribution in [0.1, 0.15) is 109 Å². The number of carbonyl (C=O) groups excluding carboxylic acids is 5. The summed E-state index contributed by atoms with van der Waals surface area (Å²) in [6.07, 6.45) is 13.0. The second-order valence-electron chi connectivity index (χ2n) is 16.5. The Bertz CT molecular complexity index is 2640. The molecule has 0 saturated carbocycles. The van der Waals surface area contributed by atoms with Gasteiger partial charge in [-0.05, 0) is 95.3 Å². The fourth-order valence-electron chi connectivity index (χ4n) is 8.62. The van der Waals surface area contributed by atoms with Gasteiger partial charge < -0.3 is 20.7 Å². The number of piperidine rings is 2. The third-order valence-corrected chi connectivity index (χ3v) is 12.7. The van der Waals surface area contributed by atoms with Crippen molar-refractivity contribution in [1.29, 1.82) is 0 Å². The molecule has 5 aromatic rings. The normalized spacial score (nSPS) is 18.2. The van der Waals surface area contributed by atoms with Crippen molar-refractivity contribution in [3.05, 3.63) is 99.4 Å². The molecule has 5 amide bonds. The van der Waals surface area contributed by atoms with Crippen molar-refractivity contribution in [2.24, 2.45) is 0 Å². The van der Waals surface area contributed by atoms with Crippen LogP contribution in [0.15, 0.2) is 61.2 Å². The number of unbranched alkanes of at least 4 members (excludes halogenated alkanes) is 2. The number of ether oxygens (including phenoxy) is 1.